The Morgan fingerprint density at radius 2 is 1.78 bits per heavy atom. The van der Waals surface area contributed by atoms with E-state index in [2.05, 4.69) is 33.8 Å². The highest BCUT2D eigenvalue weighted by atomic mass is 16.5. The lowest BCUT2D eigenvalue weighted by molar-refractivity contribution is -0.0689. The summed E-state index contributed by atoms with van der Waals surface area (Å²) in [6.07, 6.45) is 2.68. The Kier molecular flexibility index (Phi) is 3.67. The van der Waals surface area contributed by atoms with Crippen LogP contribution in [0.4, 0.5) is 0 Å². The number of benzene rings is 1. The van der Waals surface area contributed by atoms with Crippen LogP contribution in [0.15, 0.2) is 18.2 Å². The van der Waals surface area contributed by atoms with Crippen molar-refractivity contribution in [3.8, 4) is 5.75 Å². The Hall–Kier alpha value is -1.02. The van der Waals surface area contributed by atoms with Crippen LogP contribution in [0.5, 0.6) is 5.75 Å². The van der Waals surface area contributed by atoms with Crippen LogP contribution >= 0.6 is 0 Å². The summed E-state index contributed by atoms with van der Waals surface area (Å²) in [6.45, 7) is 8.38. The fourth-order valence-electron chi connectivity index (χ4n) is 2.87. The molecule has 2 unspecified atom stereocenters. The van der Waals surface area contributed by atoms with Gasteiger partial charge in [0, 0.05) is 0 Å². The molecule has 1 aliphatic rings. The van der Waals surface area contributed by atoms with Crippen molar-refractivity contribution in [2.45, 2.75) is 59.2 Å². The normalized spacial score (nSPS) is 26.9. The van der Waals surface area contributed by atoms with Crippen molar-refractivity contribution < 1.29 is 9.84 Å². The molecule has 2 rings (SSSR count). The number of hydrogen-bond acceptors (Lipinski definition) is 2. The summed E-state index contributed by atoms with van der Waals surface area (Å²) in [5.41, 5.74) is 2.37. The maximum absolute atomic E-state index is 10.4. The molecule has 0 saturated heterocycles. The molecular formula is C16H24O2. The molecule has 0 amide bonds. The molecule has 1 aliphatic carbocycles. The van der Waals surface area contributed by atoms with Gasteiger partial charge in [0.05, 0.1) is 6.10 Å². The highest BCUT2D eigenvalue weighted by Crippen LogP contribution is 2.37. The number of aryl methyl sites for hydroxylation is 2. The van der Waals surface area contributed by atoms with Crippen molar-refractivity contribution in [2.24, 2.45) is 5.41 Å². The second-order valence-electron chi connectivity index (χ2n) is 6.31. The van der Waals surface area contributed by atoms with E-state index >= 15 is 0 Å². The summed E-state index contributed by atoms with van der Waals surface area (Å²) in [6, 6.07) is 6.22. The molecule has 2 heteroatoms. The molecule has 0 radical (unpaired) electrons. The second kappa shape index (κ2) is 4.93. The van der Waals surface area contributed by atoms with Crippen LogP contribution in [-0.4, -0.2) is 17.3 Å². The Bertz CT molecular complexity index is 403. The zero-order chi connectivity index (χ0) is 13.3. The molecule has 2 atom stereocenters. The van der Waals surface area contributed by atoms with Crippen LogP contribution < -0.4 is 4.74 Å². The molecule has 18 heavy (non-hydrogen) atoms. The standard InChI is InChI=1S/C16H24O2/c1-11-8-12(2)10-13(9-11)18-14-6-5-7-16(3,4)15(14)17/h8-10,14-15,17H,5-7H2,1-4H3. The van der Waals surface area contributed by atoms with Crippen LogP contribution in [0.1, 0.15) is 44.2 Å². The van der Waals surface area contributed by atoms with Crippen LogP contribution in [0.25, 0.3) is 0 Å². The van der Waals surface area contributed by atoms with Gasteiger partial charge in [-0.25, -0.2) is 0 Å². The Balaban J connectivity index is 2.13. The van der Waals surface area contributed by atoms with Gasteiger partial charge in [0.1, 0.15) is 11.9 Å². The number of aliphatic hydroxyl groups excluding tert-OH is 1. The van der Waals surface area contributed by atoms with E-state index in [0.29, 0.717) is 0 Å². The van der Waals surface area contributed by atoms with E-state index in [1.54, 1.807) is 0 Å². The first kappa shape index (κ1) is 13.4. The van der Waals surface area contributed by atoms with E-state index in [4.69, 9.17) is 4.74 Å². The van der Waals surface area contributed by atoms with E-state index in [9.17, 15) is 5.11 Å². The van der Waals surface area contributed by atoms with Gasteiger partial charge in [0.2, 0.25) is 0 Å². The first-order valence-corrected chi connectivity index (χ1v) is 6.81. The van der Waals surface area contributed by atoms with Crippen molar-refractivity contribution in [1.29, 1.82) is 0 Å². The Morgan fingerprint density at radius 3 is 2.39 bits per heavy atom. The lowest BCUT2D eigenvalue weighted by Gasteiger charge is -2.40. The van der Waals surface area contributed by atoms with Gasteiger partial charge in [-0.05, 0) is 61.8 Å². The topological polar surface area (TPSA) is 29.5 Å². The van der Waals surface area contributed by atoms with Crippen LogP contribution in [0.3, 0.4) is 0 Å². The largest absolute Gasteiger partial charge is 0.488 e. The predicted molar refractivity (Wildman–Crippen MR) is 74.0 cm³/mol. The molecule has 0 bridgehead atoms. The highest BCUT2D eigenvalue weighted by Gasteiger charge is 2.39. The van der Waals surface area contributed by atoms with Crippen LogP contribution in [-0.2, 0) is 0 Å². The molecule has 1 fully saturated rings. The second-order valence-corrected chi connectivity index (χ2v) is 6.31. The molecule has 0 aromatic heterocycles. The van der Waals surface area contributed by atoms with Gasteiger partial charge in [-0.15, -0.1) is 0 Å². The summed E-state index contributed by atoms with van der Waals surface area (Å²) < 4.78 is 6.01. The van der Waals surface area contributed by atoms with Crippen molar-refractivity contribution in [3.05, 3.63) is 29.3 Å². The van der Waals surface area contributed by atoms with Crippen molar-refractivity contribution in [1.82, 2.24) is 0 Å². The smallest absolute Gasteiger partial charge is 0.125 e. The van der Waals surface area contributed by atoms with E-state index in [0.717, 1.165) is 25.0 Å². The molecule has 1 N–H and O–H groups in total. The molecule has 1 aromatic carbocycles. The predicted octanol–water partition coefficient (Wildman–Crippen LogP) is 3.62. The third-order valence-electron chi connectivity index (χ3n) is 3.95. The van der Waals surface area contributed by atoms with E-state index in [1.165, 1.54) is 11.1 Å². The maximum Gasteiger partial charge on any atom is 0.125 e. The average molecular weight is 248 g/mol. The van der Waals surface area contributed by atoms with Gasteiger partial charge in [-0.3, -0.25) is 0 Å². The molecule has 100 valence electrons. The minimum Gasteiger partial charge on any atom is -0.488 e. The number of ether oxygens (including phenoxy) is 1. The van der Waals surface area contributed by atoms with Crippen LogP contribution in [0, 0.1) is 19.3 Å². The molecule has 0 aliphatic heterocycles. The molecule has 0 spiro atoms. The first-order valence-electron chi connectivity index (χ1n) is 6.81. The summed E-state index contributed by atoms with van der Waals surface area (Å²) in [5.74, 6) is 0.884. The highest BCUT2D eigenvalue weighted by molar-refractivity contribution is 5.33. The summed E-state index contributed by atoms with van der Waals surface area (Å²) in [7, 11) is 0. The fraction of sp³-hybridized carbons (Fsp3) is 0.625. The van der Waals surface area contributed by atoms with Gasteiger partial charge in [0.15, 0.2) is 0 Å². The van der Waals surface area contributed by atoms with Gasteiger partial charge in [0.25, 0.3) is 0 Å². The fourth-order valence-corrected chi connectivity index (χ4v) is 2.87. The zero-order valence-corrected chi connectivity index (χ0v) is 11.9. The van der Waals surface area contributed by atoms with Gasteiger partial charge in [-0.1, -0.05) is 19.9 Å². The summed E-state index contributed by atoms with van der Waals surface area (Å²) in [5, 5.41) is 10.4. The third kappa shape index (κ3) is 2.86. The molecule has 1 aromatic rings. The average Bonchev–Trinajstić information content (AvgIpc) is 2.23. The Labute approximate surface area is 110 Å². The molecule has 2 nitrogen and oxygen atoms in total. The minimum atomic E-state index is -0.382. The van der Waals surface area contributed by atoms with E-state index in [-0.39, 0.29) is 17.6 Å². The molecule has 0 heterocycles. The van der Waals surface area contributed by atoms with E-state index in [1.807, 2.05) is 12.1 Å². The monoisotopic (exact) mass is 248 g/mol. The zero-order valence-electron chi connectivity index (χ0n) is 11.9. The van der Waals surface area contributed by atoms with Crippen molar-refractivity contribution in [2.75, 3.05) is 0 Å². The maximum atomic E-state index is 10.4. The Morgan fingerprint density at radius 1 is 1.17 bits per heavy atom. The number of aliphatic hydroxyl groups is 1. The van der Waals surface area contributed by atoms with Gasteiger partial charge in [-0.2, -0.15) is 0 Å². The number of hydrogen-bond donors (Lipinski definition) is 1. The van der Waals surface area contributed by atoms with Gasteiger partial charge < -0.3 is 9.84 Å². The summed E-state index contributed by atoms with van der Waals surface area (Å²) in [4.78, 5) is 0. The number of rotatable bonds is 2. The first-order chi connectivity index (χ1) is 8.38. The van der Waals surface area contributed by atoms with Gasteiger partial charge >= 0.3 is 0 Å². The van der Waals surface area contributed by atoms with Crippen molar-refractivity contribution in [3.63, 3.8) is 0 Å². The minimum absolute atomic E-state index is 0.0399. The van der Waals surface area contributed by atoms with Crippen molar-refractivity contribution >= 4 is 0 Å². The van der Waals surface area contributed by atoms with E-state index < -0.39 is 0 Å². The molecular weight excluding hydrogens is 224 g/mol. The summed E-state index contributed by atoms with van der Waals surface area (Å²) >= 11 is 0. The third-order valence-corrected chi connectivity index (χ3v) is 3.95. The molecule has 1 saturated carbocycles. The lowest BCUT2D eigenvalue weighted by Crippen LogP contribution is -2.46. The lowest BCUT2D eigenvalue weighted by atomic mass is 9.73. The quantitative estimate of drug-likeness (QED) is 0.866. The SMILES string of the molecule is Cc1cc(C)cc(OC2CCCC(C)(C)C2O)c1. The van der Waals surface area contributed by atoms with Crippen LogP contribution in [0.2, 0.25) is 0 Å².